The van der Waals surface area contributed by atoms with Crippen molar-refractivity contribution in [2.45, 2.75) is 19.8 Å². The molecule has 15 heavy (non-hydrogen) atoms. The highest BCUT2D eigenvalue weighted by atomic mass is 16.5. The van der Waals surface area contributed by atoms with Crippen molar-refractivity contribution in [1.82, 2.24) is 0 Å². The van der Waals surface area contributed by atoms with E-state index in [1.165, 1.54) is 17.7 Å². The van der Waals surface area contributed by atoms with Crippen molar-refractivity contribution >= 4 is 5.71 Å². The van der Waals surface area contributed by atoms with Crippen molar-refractivity contribution in [2.24, 2.45) is 10.9 Å². The maximum Gasteiger partial charge on any atom is 0.119 e. The molecule has 1 aliphatic rings. The van der Waals surface area contributed by atoms with Gasteiger partial charge in [0, 0.05) is 12.3 Å². The lowest BCUT2D eigenvalue weighted by atomic mass is 9.96. The van der Waals surface area contributed by atoms with Crippen LogP contribution in [0.4, 0.5) is 0 Å². The lowest BCUT2D eigenvalue weighted by Crippen LogP contribution is -2.14. The Kier molecular flexibility index (Phi) is 3.05. The molecule has 1 aromatic carbocycles. The molecular formula is C13H17NO. The lowest BCUT2D eigenvalue weighted by Gasteiger charge is -2.17. The van der Waals surface area contributed by atoms with Crippen molar-refractivity contribution in [3.8, 4) is 5.75 Å². The van der Waals surface area contributed by atoms with E-state index in [1.54, 1.807) is 7.11 Å². The van der Waals surface area contributed by atoms with Crippen LogP contribution in [-0.2, 0) is 0 Å². The number of rotatable bonds is 2. The third kappa shape index (κ3) is 2.38. The van der Waals surface area contributed by atoms with Gasteiger partial charge in [-0.25, -0.2) is 0 Å². The fraction of sp³-hybridized carbons (Fsp3) is 0.462. The fourth-order valence-corrected chi connectivity index (χ4v) is 1.86. The van der Waals surface area contributed by atoms with Crippen LogP contribution >= 0.6 is 0 Å². The highest BCUT2D eigenvalue weighted by Crippen LogP contribution is 2.20. The lowest BCUT2D eigenvalue weighted by molar-refractivity contribution is 0.414. The van der Waals surface area contributed by atoms with Crippen LogP contribution in [0.5, 0.6) is 5.75 Å². The molecule has 0 aromatic heterocycles. The van der Waals surface area contributed by atoms with Crippen molar-refractivity contribution in [3.63, 3.8) is 0 Å². The molecule has 2 nitrogen and oxygen atoms in total. The van der Waals surface area contributed by atoms with Crippen molar-refractivity contribution in [1.29, 1.82) is 0 Å². The summed E-state index contributed by atoms with van der Waals surface area (Å²) in [5.74, 6) is 1.65. The summed E-state index contributed by atoms with van der Waals surface area (Å²) >= 11 is 0. The summed E-state index contributed by atoms with van der Waals surface area (Å²) in [5, 5.41) is 0. The molecule has 0 spiro atoms. The minimum Gasteiger partial charge on any atom is -0.497 e. The molecule has 1 atom stereocenters. The molecule has 0 radical (unpaired) electrons. The summed E-state index contributed by atoms with van der Waals surface area (Å²) in [4.78, 5) is 4.62. The number of hydrogen-bond acceptors (Lipinski definition) is 2. The molecule has 0 saturated heterocycles. The topological polar surface area (TPSA) is 21.6 Å². The van der Waals surface area contributed by atoms with E-state index in [0.29, 0.717) is 0 Å². The molecule has 80 valence electrons. The first kappa shape index (κ1) is 10.2. The van der Waals surface area contributed by atoms with Gasteiger partial charge in [-0.15, -0.1) is 0 Å². The van der Waals surface area contributed by atoms with Gasteiger partial charge in [-0.3, -0.25) is 4.99 Å². The molecule has 1 aliphatic heterocycles. The summed E-state index contributed by atoms with van der Waals surface area (Å²) in [6.07, 6.45) is 2.34. The monoisotopic (exact) mass is 203 g/mol. The van der Waals surface area contributed by atoms with Crippen molar-refractivity contribution in [2.75, 3.05) is 13.7 Å². The van der Waals surface area contributed by atoms with E-state index < -0.39 is 0 Å². The Labute approximate surface area is 91.0 Å². The minimum absolute atomic E-state index is 0.736. The fourth-order valence-electron chi connectivity index (χ4n) is 1.86. The molecule has 0 saturated carbocycles. The van der Waals surface area contributed by atoms with Gasteiger partial charge in [0.25, 0.3) is 0 Å². The molecule has 0 bridgehead atoms. The Bertz CT molecular complexity index is 371. The van der Waals surface area contributed by atoms with Crippen LogP contribution in [0.25, 0.3) is 0 Å². The Balaban J connectivity index is 2.22. The Hall–Kier alpha value is -1.31. The average Bonchev–Trinajstić information content (AvgIpc) is 2.30. The normalized spacial score (nSPS) is 20.9. The van der Waals surface area contributed by atoms with Gasteiger partial charge in [0.15, 0.2) is 0 Å². The van der Waals surface area contributed by atoms with Gasteiger partial charge in [-0.2, -0.15) is 0 Å². The van der Waals surface area contributed by atoms with Crippen LogP contribution in [0.2, 0.25) is 0 Å². The second-order valence-corrected chi connectivity index (χ2v) is 4.16. The summed E-state index contributed by atoms with van der Waals surface area (Å²) < 4.78 is 5.21. The first-order valence-electron chi connectivity index (χ1n) is 5.47. The van der Waals surface area contributed by atoms with E-state index in [1.807, 2.05) is 12.1 Å². The Morgan fingerprint density at radius 2 is 2.27 bits per heavy atom. The van der Waals surface area contributed by atoms with Crippen molar-refractivity contribution in [3.05, 3.63) is 29.8 Å². The first-order valence-corrected chi connectivity index (χ1v) is 5.47. The number of methoxy groups -OCH3 is 1. The molecule has 0 aliphatic carbocycles. The molecule has 1 heterocycles. The quantitative estimate of drug-likeness (QED) is 0.724. The third-order valence-electron chi connectivity index (χ3n) is 2.87. The number of benzene rings is 1. The van der Waals surface area contributed by atoms with E-state index in [-0.39, 0.29) is 0 Å². The summed E-state index contributed by atoms with van der Waals surface area (Å²) in [7, 11) is 1.70. The average molecular weight is 203 g/mol. The van der Waals surface area contributed by atoms with Gasteiger partial charge in [0.05, 0.1) is 7.11 Å². The van der Waals surface area contributed by atoms with Crippen LogP contribution in [0.1, 0.15) is 25.3 Å². The molecule has 1 unspecified atom stereocenters. The van der Waals surface area contributed by atoms with Crippen LogP contribution in [0, 0.1) is 5.92 Å². The maximum atomic E-state index is 5.21. The highest BCUT2D eigenvalue weighted by Gasteiger charge is 2.13. The molecule has 0 N–H and O–H groups in total. The van der Waals surface area contributed by atoms with Gasteiger partial charge in [-0.05, 0) is 36.5 Å². The zero-order chi connectivity index (χ0) is 10.7. The van der Waals surface area contributed by atoms with Crippen LogP contribution in [0.15, 0.2) is 29.3 Å². The minimum atomic E-state index is 0.736. The Morgan fingerprint density at radius 3 is 2.93 bits per heavy atom. The Morgan fingerprint density at radius 1 is 1.40 bits per heavy atom. The SMILES string of the molecule is COc1cccc(C2=NCC(C)CC2)c1. The third-order valence-corrected chi connectivity index (χ3v) is 2.87. The molecule has 0 fully saturated rings. The summed E-state index contributed by atoms with van der Waals surface area (Å²) in [6, 6.07) is 8.16. The van der Waals surface area contributed by atoms with Gasteiger partial charge < -0.3 is 4.74 Å². The van der Waals surface area contributed by atoms with Crippen LogP contribution < -0.4 is 4.74 Å². The molecule has 2 rings (SSSR count). The number of nitrogens with zero attached hydrogens (tertiary/aromatic N) is 1. The smallest absolute Gasteiger partial charge is 0.119 e. The largest absolute Gasteiger partial charge is 0.497 e. The van der Waals surface area contributed by atoms with Gasteiger partial charge >= 0.3 is 0 Å². The summed E-state index contributed by atoms with van der Waals surface area (Å²) in [6.45, 7) is 3.22. The van der Waals surface area contributed by atoms with Gasteiger partial charge in [0.1, 0.15) is 5.75 Å². The van der Waals surface area contributed by atoms with E-state index in [0.717, 1.165) is 24.6 Å². The zero-order valence-corrected chi connectivity index (χ0v) is 9.36. The predicted octanol–water partition coefficient (Wildman–Crippen LogP) is 2.91. The maximum absolute atomic E-state index is 5.21. The second-order valence-electron chi connectivity index (χ2n) is 4.16. The van der Waals surface area contributed by atoms with Crippen LogP contribution in [0.3, 0.4) is 0 Å². The molecule has 2 heteroatoms. The molecule has 0 amide bonds. The molecular weight excluding hydrogens is 186 g/mol. The first-order chi connectivity index (χ1) is 7.29. The highest BCUT2D eigenvalue weighted by molar-refractivity contribution is 6.01. The summed E-state index contributed by atoms with van der Waals surface area (Å²) in [5.41, 5.74) is 2.44. The number of hydrogen-bond donors (Lipinski definition) is 0. The van der Waals surface area contributed by atoms with E-state index in [9.17, 15) is 0 Å². The van der Waals surface area contributed by atoms with E-state index in [2.05, 4.69) is 24.0 Å². The number of aliphatic imine (C=N–C) groups is 1. The zero-order valence-electron chi connectivity index (χ0n) is 9.36. The van der Waals surface area contributed by atoms with E-state index >= 15 is 0 Å². The van der Waals surface area contributed by atoms with Gasteiger partial charge in [0.2, 0.25) is 0 Å². The van der Waals surface area contributed by atoms with E-state index in [4.69, 9.17) is 4.74 Å². The second kappa shape index (κ2) is 4.47. The number of ether oxygens (including phenoxy) is 1. The predicted molar refractivity (Wildman–Crippen MR) is 62.8 cm³/mol. The molecule has 1 aromatic rings. The standard InChI is InChI=1S/C13H17NO/c1-10-6-7-13(14-9-10)11-4-3-5-12(8-11)15-2/h3-5,8,10H,6-7,9H2,1-2H3. The van der Waals surface area contributed by atoms with Crippen LogP contribution in [-0.4, -0.2) is 19.4 Å². The van der Waals surface area contributed by atoms with Gasteiger partial charge in [-0.1, -0.05) is 19.1 Å². The van der Waals surface area contributed by atoms with Crippen molar-refractivity contribution < 1.29 is 4.74 Å².